The van der Waals surface area contributed by atoms with E-state index in [9.17, 15) is 8.42 Å². The quantitative estimate of drug-likeness (QED) is 0.761. The molecule has 1 aromatic carbocycles. The molecule has 0 aliphatic carbocycles. The second-order valence-electron chi connectivity index (χ2n) is 4.10. The Morgan fingerprint density at radius 3 is 2.85 bits per heavy atom. The van der Waals surface area contributed by atoms with E-state index in [0.717, 1.165) is 5.56 Å². The van der Waals surface area contributed by atoms with Gasteiger partial charge in [0.05, 0.1) is 10.6 Å². The average Bonchev–Trinajstić information content (AvgIpc) is 2.84. The number of hydrogen-bond acceptors (Lipinski definition) is 7. The molecule has 0 amide bonds. The van der Waals surface area contributed by atoms with Gasteiger partial charge in [0, 0.05) is 19.3 Å². The fraction of sp³-hybridized carbons (Fsp3) is 0.364. The average molecular weight is 313 g/mol. The molecule has 0 bridgehead atoms. The summed E-state index contributed by atoms with van der Waals surface area (Å²) >= 11 is 1.31. The fourth-order valence-electron chi connectivity index (χ4n) is 1.57. The number of tetrazole rings is 1. The molecule has 2 aromatic rings. The topological polar surface area (TPSA) is 104 Å². The smallest absolute Gasteiger partial charge is 0.209 e. The molecule has 9 heteroatoms. The van der Waals surface area contributed by atoms with Gasteiger partial charge in [-0.1, -0.05) is 23.9 Å². The van der Waals surface area contributed by atoms with Crippen molar-refractivity contribution in [3.8, 4) is 0 Å². The van der Waals surface area contributed by atoms with Crippen LogP contribution in [-0.4, -0.2) is 40.1 Å². The Bertz CT molecular complexity index is 684. The third-order valence-corrected chi connectivity index (χ3v) is 5.64. The maximum Gasteiger partial charge on any atom is 0.209 e. The Kier molecular flexibility index (Phi) is 4.73. The third kappa shape index (κ3) is 3.56. The number of aryl methyl sites for hydroxylation is 1. The summed E-state index contributed by atoms with van der Waals surface area (Å²) in [5, 5.41) is 11.6. The molecule has 108 valence electrons. The Hall–Kier alpha value is -1.45. The zero-order valence-electron chi connectivity index (χ0n) is 10.9. The fourth-order valence-corrected chi connectivity index (χ4v) is 4.13. The molecule has 0 aliphatic rings. The highest BCUT2D eigenvalue weighted by Crippen LogP contribution is 2.17. The van der Waals surface area contributed by atoms with Gasteiger partial charge in [0.1, 0.15) is 0 Å². The SMILES string of the molecule is Cn1nnnc1SCCS(=O)(=O)c1cccc(CN)c1. The van der Waals surface area contributed by atoms with E-state index in [-0.39, 0.29) is 5.75 Å². The van der Waals surface area contributed by atoms with E-state index in [0.29, 0.717) is 22.3 Å². The lowest BCUT2D eigenvalue weighted by Crippen LogP contribution is -2.10. The van der Waals surface area contributed by atoms with Crippen LogP contribution in [0.3, 0.4) is 0 Å². The molecular formula is C11H15N5O2S2. The lowest BCUT2D eigenvalue weighted by atomic mass is 10.2. The molecule has 0 aliphatic heterocycles. The number of benzene rings is 1. The van der Waals surface area contributed by atoms with Gasteiger partial charge in [0.25, 0.3) is 0 Å². The maximum atomic E-state index is 12.2. The van der Waals surface area contributed by atoms with Gasteiger partial charge < -0.3 is 5.73 Å². The summed E-state index contributed by atoms with van der Waals surface area (Å²) in [6.45, 7) is 0.322. The van der Waals surface area contributed by atoms with Crippen LogP contribution in [0.4, 0.5) is 0 Å². The van der Waals surface area contributed by atoms with Crippen LogP contribution in [0.15, 0.2) is 34.3 Å². The molecule has 0 fully saturated rings. The van der Waals surface area contributed by atoms with Crippen molar-refractivity contribution in [2.75, 3.05) is 11.5 Å². The summed E-state index contributed by atoms with van der Waals surface area (Å²) in [5.41, 5.74) is 6.32. The zero-order chi connectivity index (χ0) is 14.6. The van der Waals surface area contributed by atoms with Crippen LogP contribution in [-0.2, 0) is 23.4 Å². The van der Waals surface area contributed by atoms with Gasteiger partial charge in [0.15, 0.2) is 9.84 Å². The van der Waals surface area contributed by atoms with Crippen LogP contribution in [0.2, 0.25) is 0 Å². The van der Waals surface area contributed by atoms with Gasteiger partial charge in [-0.25, -0.2) is 13.1 Å². The molecule has 7 nitrogen and oxygen atoms in total. The molecule has 20 heavy (non-hydrogen) atoms. The summed E-state index contributed by atoms with van der Waals surface area (Å²) in [6.07, 6.45) is 0. The van der Waals surface area contributed by atoms with Crippen LogP contribution >= 0.6 is 11.8 Å². The lowest BCUT2D eigenvalue weighted by molar-refractivity contribution is 0.597. The van der Waals surface area contributed by atoms with Crippen molar-refractivity contribution in [3.05, 3.63) is 29.8 Å². The van der Waals surface area contributed by atoms with Gasteiger partial charge in [0.2, 0.25) is 5.16 Å². The summed E-state index contributed by atoms with van der Waals surface area (Å²) in [6, 6.07) is 6.71. The number of thioether (sulfide) groups is 1. The number of nitrogens with zero attached hydrogens (tertiary/aromatic N) is 4. The molecule has 1 heterocycles. The number of sulfone groups is 1. The Balaban J connectivity index is 2.02. The third-order valence-electron chi connectivity index (χ3n) is 2.66. The normalized spacial score (nSPS) is 11.7. The largest absolute Gasteiger partial charge is 0.326 e. The first-order chi connectivity index (χ1) is 9.53. The van der Waals surface area contributed by atoms with Crippen molar-refractivity contribution in [1.29, 1.82) is 0 Å². The number of rotatable bonds is 6. The molecule has 0 atom stereocenters. The predicted molar refractivity (Wildman–Crippen MR) is 75.9 cm³/mol. The first kappa shape index (κ1) is 14.9. The van der Waals surface area contributed by atoms with E-state index in [4.69, 9.17) is 5.73 Å². The minimum absolute atomic E-state index is 0.0263. The summed E-state index contributed by atoms with van der Waals surface area (Å²) in [7, 11) is -1.60. The first-order valence-corrected chi connectivity index (χ1v) is 8.53. The first-order valence-electron chi connectivity index (χ1n) is 5.90. The zero-order valence-corrected chi connectivity index (χ0v) is 12.6. The standard InChI is InChI=1S/C11H15N5O2S2/c1-16-11(13-14-15-16)19-5-6-20(17,18)10-4-2-3-9(7-10)8-12/h2-4,7H,5-6,8,12H2,1H3. The monoisotopic (exact) mass is 313 g/mol. The highest BCUT2D eigenvalue weighted by molar-refractivity contribution is 8.00. The van der Waals surface area contributed by atoms with E-state index >= 15 is 0 Å². The van der Waals surface area contributed by atoms with Gasteiger partial charge in [-0.3, -0.25) is 0 Å². The second kappa shape index (κ2) is 6.33. The number of hydrogen-bond donors (Lipinski definition) is 1. The minimum atomic E-state index is -3.31. The van der Waals surface area contributed by atoms with Crippen LogP contribution in [0.5, 0.6) is 0 Å². The lowest BCUT2D eigenvalue weighted by Gasteiger charge is -2.05. The Morgan fingerprint density at radius 1 is 1.40 bits per heavy atom. The predicted octanol–water partition coefficient (Wildman–Crippen LogP) is 0.235. The van der Waals surface area contributed by atoms with Crippen molar-refractivity contribution in [1.82, 2.24) is 20.2 Å². The number of nitrogens with two attached hydrogens (primary N) is 1. The molecule has 1 aromatic heterocycles. The Labute approximate surface area is 121 Å². The van der Waals surface area contributed by atoms with Crippen molar-refractivity contribution < 1.29 is 8.42 Å². The number of aromatic nitrogens is 4. The van der Waals surface area contributed by atoms with Crippen molar-refractivity contribution in [2.45, 2.75) is 16.6 Å². The molecule has 0 saturated carbocycles. The van der Waals surface area contributed by atoms with Crippen LogP contribution < -0.4 is 5.73 Å². The van der Waals surface area contributed by atoms with E-state index in [1.54, 1.807) is 31.3 Å². The molecule has 0 unspecified atom stereocenters. The molecule has 2 rings (SSSR count). The Morgan fingerprint density at radius 2 is 2.20 bits per heavy atom. The van der Waals surface area contributed by atoms with E-state index in [1.807, 2.05) is 0 Å². The highest BCUT2D eigenvalue weighted by Gasteiger charge is 2.15. The van der Waals surface area contributed by atoms with Gasteiger partial charge in [-0.2, -0.15) is 0 Å². The van der Waals surface area contributed by atoms with E-state index in [2.05, 4.69) is 15.5 Å². The molecular weight excluding hydrogens is 298 g/mol. The van der Waals surface area contributed by atoms with E-state index < -0.39 is 9.84 Å². The van der Waals surface area contributed by atoms with Crippen molar-refractivity contribution >= 4 is 21.6 Å². The minimum Gasteiger partial charge on any atom is -0.326 e. The molecule has 0 spiro atoms. The van der Waals surface area contributed by atoms with E-state index in [1.165, 1.54) is 16.4 Å². The van der Waals surface area contributed by atoms with Gasteiger partial charge in [-0.05, 0) is 28.1 Å². The highest BCUT2D eigenvalue weighted by atomic mass is 32.2. The van der Waals surface area contributed by atoms with Crippen molar-refractivity contribution in [2.24, 2.45) is 12.8 Å². The van der Waals surface area contributed by atoms with Crippen LogP contribution in [0.1, 0.15) is 5.56 Å². The van der Waals surface area contributed by atoms with Crippen LogP contribution in [0, 0.1) is 0 Å². The summed E-state index contributed by atoms with van der Waals surface area (Å²) in [5.74, 6) is 0.419. The maximum absolute atomic E-state index is 12.2. The van der Waals surface area contributed by atoms with Crippen molar-refractivity contribution in [3.63, 3.8) is 0 Å². The van der Waals surface area contributed by atoms with Gasteiger partial charge in [-0.15, -0.1) is 5.10 Å². The summed E-state index contributed by atoms with van der Waals surface area (Å²) in [4.78, 5) is 0.303. The molecule has 0 saturated heterocycles. The van der Waals surface area contributed by atoms with Gasteiger partial charge >= 0.3 is 0 Å². The van der Waals surface area contributed by atoms with Crippen LogP contribution in [0.25, 0.3) is 0 Å². The molecule has 0 radical (unpaired) electrons. The summed E-state index contributed by atoms with van der Waals surface area (Å²) < 4.78 is 25.9. The second-order valence-corrected chi connectivity index (χ2v) is 7.28. The molecule has 2 N–H and O–H groups in total.